The summed E-state index contributed by atoms with van der Waals surface area (Å²) in [6.07, 6.45) is 1.06. The van der Waals surface area contributed by atoms with Gasteiger partial charge in [0.25, 0.3) is 5.56 Å². The van der Waals surface area contributed by atoms with Crippen molar-refractivity contribution in [3.63, 3.8) is 0 Å². The molecule has 0 aliphatic carbocycles. The van der Waals surface area contributed by atoms with Gasteiger partial charge in [-0.05, 0) is 31.5 Å². The Balaban J connectivity index is 2.56. The van der Waals surface area contributed by atoms with Gasteiger partial charge in [0.15, 0.2) is 0 Å². The maximum Gasteiger partial charge on any atom is 0.255 e. The van der Waals surface area contributed by atoms with Crippen molar-refractivity contribution in [2.45, 2.75) is 33.2 Å². The second kappa shape index (κ2) is 7.46. The van der Waals surface area contributed by atoms with Crippen LogP contribution in [0.25, 0.3) is 11.3 Å². The van der Waals surface area contributed by atoms with E-state index in [-0.39, 0.29) is 12.0 Å². The molecule has 2 rings (SSSR count). The van der Waals surface area contributed by atoms with Gasteiger partial charge in [-0.1, -0.05) is 25.1 Å². The predicted molar refractivity (Wildman–Crippen MR) is 86.9 cm³/mol. The molecule has 0 bridgehead atoms. The second-order valence-corrected chi connectivity index (χ2v) is 4.97. The highest BCUT2D eigenvalue weighted by Gasteiger charge is 2.12. The molecule has 1 heterocycles. The average Bonchev–Trinajstić information content (AvgIpc) is 2.55. The molecule has 4 heteroatoms. The van der Waals surface area contributed by atoms with Gasteiger partial charge in [0.1, 0.15) is 5.75 Å². The molecule has 114 valence electrons. The largest absolute Gasteiger partial charge is 0.493 e. The molecule has 0 fully saturated rings. The van der Waals surface area contributed by atoms with Crippen LogP contribution in [0.3, 0.4) is 0 Å². The Labute approximate surface area is 130 Å². The third-order valence-corrected chi connectivity index (χ3v) is 3.46. The van der Waals surface area contributed by atoms with Crippen molar-refractivity contribution < 1.29 is 4.74 Å². The quantitative estimate of drug-likeness (QED) is 0.821. The van der Waals surface area contributed by atoms with Crippen molar-refractivity contribution in [3.8, 4) is 23.1 Å². The van der Waals surface area contributed by atoms with Crippen LogP contribution in [0.5, 0.6) is 5.75 Å². The number of nitrogens with zero attached hydrogens (tertiary/aromatic N) is 2. The van der Waals surface area contributed by atoms with Crippen LogP contribution >= 0.6 is 0 Å². The fourth-order valence-corrected chi connectivity index (χ4v) is 2.41. The molecular weight excluding hydrogens is 276 g/mol. The summed E-state index contributed by atoms with van der Waals surface area (Å²) in [4.78, 5) is 12.5. The minimum Gasteiger partial charge on any atom is -0.493 e. The molecule has 0 amide bonds. The van der Waals surface area contributed by atoms with E-state index in [4.69, 9.17) is 10.00 Å². The van der Waals surface area contributed by atoms with Crippen LogP contribution in [0, 0.1) is 11.3 Å². The van der Waals surface area contributed by atoms with Crippen LogP contribution in [0.15, 0.2) is 41.2 Å². The summed E-state index contributed by atoms with van der Waals surface area (Å²) in [5.74, 6) is 0.777. The molecule has 0 spiro atoms. The number of nitriles is 1. The Morgan fingerprint density at radius 1 is 1.18 bits per heavy atom. The smallest absolute Gasteiger partial charge is 0.255 e. The third-order valence-electron chi connectivity index (χ3n) is 3.46. The van der Waals surface area contributed by atoms with Gasteiger partial charge in [0, 0.05) is 17.7 Å². The highest BCUT2D eigenvalue weighted by molar-refractivity contribution is 5.67. The van der Waals surface area contributed by atoms with Crippen LogP contribution in [0.2, 0.25) is 0 Å². The third kappa shape index (κ3) is 3.20. The van der Waals surface area contributed by atoms with Gasteiger partial charge >= 0.3 is 0 Å². The number of hydrogen-bond donors (Lipinski definition) is 0. The van der Waals surface area contributed by atoms with Gasteiger partial charge in [-0.2, -0.15) is 5.26 Å². The summed E-state index contributed by atoms with van der Waals surface area (Å²) in [6, 6.07) is 13.4. The maximum atomic E-state index is 12.5. The Morgan fingerprint density at radius 3 is 2.64 bits per heavy atom. The van der Waals surface area contributed by atoms with E-state index in [2.05, 4.69) is 6.92 Å². The lowest BCUT2D eigenvalue weighted by atomic mass is 10.1. The Morgan fingerprint density at radius 2 is 1.95 bits per heavy atom. The number of para-hydroxylation sites is 1. The Bertz CT molecular complexity index is 741. The zero-order valence-corrected chi connectivity index (χ0v) is 13.0. The minimum atomic E-state index is -0.105. The highest BCUT2D eigenvalue weighted by Crippen LogP contribution is 2.29. The van der Waals surface area contributed by atoms with Gasteiger partial charge in [-0.25, -0.2) is 0 Å². The van der Waals surface area contributed by atoms with Gasteiger partial charge in [0.05, 0.1) is 24.8 Å². The molecule has 2 aromatic rings. The van der Waals surface area contributed by atoms with Crippen molar-refractivity contribution in [2.75, 3.05) is 6.61 Å². The molecule has 0 saturated carbocycles. The monoisotopic (exact) mass is 296 g/mol. The standard InChI is InChI=1S/C18H20N2O2/c1-3-13-22-17-8-6-5-7-15(17)16-10-9-14(11-12-19)18(21)20(16)4-2/h5-10H,3-4,11,13H2,1-2H3. The molecule has 1 aromatic heterocycles. The van der Waals surface area contributed by atoms with E-state index < -0.39 is 0 Å². The lowest BCUT2D eigenvalue weighted by Crippen LogP contribution is -2.24. The number of hydrogen-bond acceptors (Lipinski definition) is 3. The topological polar surface area (TPSA) is 55.0 Å². The molecule has 4 nitrogen and oxygen atoms in total. The SMILES string of the molecule is CCCOc1ccccc1-c1ccc(CC#N)c(=O)n1CC. The van der Waals surface area contributed by atoms with Gasteiger partial charge in [0.2, 0.25) is 0 Å². The molecule has 0 atom stereocenters. The van der Waals surface area contributed by atoms with Crippen LogP contribution in [-0.4, -0.2) is 11.2 Å². The maximum absolute atomic E-state index is 12.5. The molecule has 0 unspecified atom stereocenters. The second-order valence-electron chi connectivity index (χ2n) is 4.97. The summed E-state index contributed by atoms with van der Waals surface area (Å²) < 4.78 is 7.49. The van der Waals surface area contributed by atoms with E-state index in [1.807, 2.05) is 43.3 Å². The van der Waals surface area contributed by atoms with Crippen LogP contribution in [0.1, 0.15) is 25.8 Å². The number of pyridine rings is 1. The van der Waals surface area contributed by atoms with E-state index in [1.54, 1.807) is 10.6 Å². The van der Waals surface area contributed by atoms with Gasteiger partial charge in [-0.3, -0.25) is 4.79 Å². The molecule has 0 radical (unpaired) electrons. The lowest BCUT2D eigenvalue weighted by molar-refractivity contribution is 0.318. The molecule has 1 aromatic carbocycles. The van der Waals surface area contributed by atoms with Crippen molar-refractivity contribution in [2.24, 2.45) is 0 Å². The van der Waals surface area contributed by atoms with Gasteiger partial charge < -0.3 is 9.30 Å². The van der Waals surface area contributed by atoms with Gasteiger partial charge in [-0.15, -0.1) is 0 Å². The molecule has 0 N–H and O–H groups in total. The summed E-state index contributed by atoms with van der Waals surface area (Å²) >= 11 is 0. The zero-order chi connectivity index (χ0) is 15.9. The molecule has 0 saturated heterocycles. The van der Waals surface area contributed by atoms with E-state index in [0.717, 1.165) is 23.4 Å². The first-order valence-electron chi connectivity index (χ1n) is 7.54. The first-order chi connectivity index (χ1) is 10.7. The van der Waals surface area contributed by atoms with Crippen LogP contribution < -0.4 is 10.3 Å². The zero-order valence-electron chi connectivity index (χ0n) is 13.0. The number of ether oxygens (including phenoxy) is 1. The van der Waals surface area contributed by atoms with Crippen LogP contribution in [-0.2, 0) is 13.0 Å². The summed E-state index contributed by atoms with van der Waals surface area (Å²) in [6.45, 7) is 5.17. The van der Waals surface area contributed by atoms with Crippen molar-refractivity contribution in [1.82, 2.24) is 4.57 Å². The Kier molecular flexibility index (Phi) is 5.37. The van der Waals surface area contributed by atoms with E-state index in [1.165, 1.54) is 0 Å². The highest BCUT2D eigenvalue weighted by atomic mass is 16.5. The molecule has 22 heavy (non-hydrogen) atoms. The Hall–Kier alpha value is -2.54. The van der Waals surface area contributed by atoms with E-state index in [0.29, 0.717) is 18.7 Å². The normalized spacial score (nSPS) is 10.2. The number of benzene rings is 1. The first-order valence-corrected chi connectivity index (χ1v) is 7.54. The van der Waals surface area contributed by atoms with E-state index >= 15 is 0 Å². The summed E-state index contributed by atoms with van der Waals surface area (Å²) in [7, 11) is 0. The summed E-state index contributed by atoms with van der Waals surface area (Å²) in [5.41, 5.74) is 2.14. The predicted octanol–water partition coefficient (Wildman–Crippen LogP) is 3.39. The number of rotatable bonds is 6. The average molecular weight is 296 g/mol. The fourth-order valence-electron chi connectivity index (χ4n) is 2.41. The fraction of sp³-hybridized carbons (Fsp3) is 0.333. The minimum absolute atomic E-state index is 0.105. The van der Waals surface area contributed by atoms with Crippen molar-refractivity contribution in [3.05, 3.63) is 52.3 Å². The molecular formula is C18H20N2O2. The summed E-state index contributed by atoms with van der Waals surface area (Å²) in [5, 5.41) is 8.82. The van der Waals surface area contributed by atoms with Crippen LogP contribution in [0.4, 0.5) is 0 Å². The van der Waals surface area contributed by atoms with Crippen molar-refractivity contribution in [1.29, 1.82) is 5.26 Å². The first kappa shape index (κ1) is 15.8. The molecule has 0 aliphatic rings. The van der Waals surface area contributed by atoms with Crippen molar-refractivity contribution >= 4 is 0 Å². The molecule has 0 aliphatic heterocycles. The lowest BCUT2D eigenvalue weighted by Gasteiger charge is -2.16. The number of aromatic nitrogens is 1. The van der Waals surface area contributed by atoms with E-state index in [9.17, 15) is 4.79 Å².